The fraction of sp³-hybridized carbons (Fsp3) is 0.400. The summed E-state index contributed by atoms with van der Waals surface area (Å²) < 4.78 is 7.29. The number of amides is 1. The minimum absolute atomic E-state index is 0.121. The van der Waals surface area contributed by atoms with E-state index in [1.165, 1.54) is 47.8 Å². The Hall–Kier alpha value is -3.20. The van der Waals surface area contributed by atoms with Gasteiger partial charge in [-0.2, -0.15) is 0 Å². The summed E-state index contributed by atoms with van der Waals surface area (Å²) in [5, 5.41) is 11.6. The maximum atomic E-state index is 12.5. The number of hydrogen-bond donors (Lipinski definition) is 2. The Balaban J connectivity index is 1.27. The summed E-state index contributed by atoms with van der Waals surface area (Å²) in [5.41, 5.74) is 4.09. The summed E-state index contributed by atoms with van der Waals surface area (Å²) in [6.07, 6.45) is 5.08. The molecule has 2 aromatic carbocycles. The maximum absolute atomic E-state index is 12.5. The van der Waals surface area contributed by atoms with E-state index in [-0.39, 0.29) is 18.3 Å². The van der Waals surface area contributed by atoms with E-state index in [0.717, 1.165) is 35.7 Å². The molecule has 3 aromatic rings. The van der Waals surface area contributed by atoms with Crippen LogP contribution in [-0.4, -0.2) is 39.6 Å². The van der Waals surface area contributed by atoms with Gasteiger partial charge in [0.2, 0.25) is 11.1 Å². The average Bonchev–Trinajstić information content (AvgIpc) is 3.01. The second-order valence-electron chi connectivity index (χ2n) is 8.56. The van der Waals surface area contributed by atoms with Crippen molar-refractivity contribution >= 4 is 29.0 Å². The van der Waals surface area contributed by atoms with E-state index >= 15 is 0 Å². The third-order valence-electron chi connectivity index (χ3n) is 5.94. The van der Waals surface area contributed by atoms with Crippen molar-refractivity contribution in [3.63, 3.8) is 0 Å². The molecule has 3 N–H and O–H groups in total. The number of nitrogens with zero attached hydrogens (tertiary/aromatic N) is 4. The molecule has 9 heteroatoms. The monoisotopic (exact) mass is 480 g/mol. The number of para-hydroxylation sites is 1. The molecule has 2 heterocycles. The van der Waals surface area contributed by atoms with Crippen molar-refractivity contribution in [2.45, 2.75) is 51.3 Å². The molecule has 0 aliphatic carbocycles. The van der Waals surface area contributed by atoms with Crippen LogP contribution in [0.3, 0.4) is 0 Å². The third-order valence-corrected chi connectivity index (χ3v) is 6.89. The fourth-order valence-electron chi connectivity index (χ4n) is 4.08. The lowest BCUT2D eigenvalue weighted by Gasteiger charge is -2.22. The summed E-state index contributed by atoms with van der Waals surface area (Å²) in [6, 6.07) is 14.1. The van der Waals surface area contributed by atoms with Crippen LogP contribution in [0.25, 0.3) is 0 Å². The molecule has 1 aliphatic heterocycles. The summed E-state index contributed by atoms with van der Waals surface area (Å²) in [4.78, 5) is 14.9. The van der Waals surface area contributed by atoms with Crippen molar-refractivity contribution in [2.24, 2.45) is 0 Å². The minimum Gasteiger partial charge on any atom is -0.485 e. The molecule has 0 radical (unpaired) electrons. The Kier molecular flexibility index (Phi) is 7.95. The van der Waals surface area contributed by atoms with E-state index in [1.807, 2.05) is 44.2 Å². The molecule has 1 aromatic heterocycles. The first kappa shape index (κ1) is 23.9. The zero-order valence-electron chi connectivity index (χ0n) is 19.8. The van der Waals surface area contributed by atoms with Gasteiger partial charge in [0.25, 0.3) is 0 Å². The highest BCUT2D eigenvalue weighted by Gasteiger charge is 2.15. The Morgan fingerprint density at radius 2 is 1.71 bits per heavy atom. The molecule has 0 atom stereocenters. The number of aromatic nitrogens is 3. The summed E-state index contributed by atoms with van der Waals surface area (Å²) in [7, 11) is 0. The summed E-state index contributed by atoms with van der Waals surface area (Å²) in [5.74, 6) is 7.51. The quantitative estimate of drug-likeness (QED) is 0.366. The zero-order chi connectivity index (χ0) is 23.9. The van der Waals surface area contributed by atoms with E-state index in [1.54, 1.807) is 0 Å². The first-order valence-electron chi connectivity index (χ1n) is 11.7. The van der Waals surface area contributed by atoms with Gasteiger partial charge in [0.15, 0.2) is 5.82 Å². The van der Waals surface area contributed by atoms with E-state index < -0.39 is 0 Å². The predicted octanol–water partition coefficient (Wildman–Crippen LogP) is 4.30. The highest BCUT2D eigenvalue weighted by Crippen LogP contribution is 2.24. The average molecular weight is 481 g/mol. The molecule has 34 heavy (non-hydrogen) atoms. The lowest BCUT2D eigenvalue weighted by molar-refractivity contribution is -0.113. The van der Waals surface area contributed by atoms with Crippen molar-refractivity contribution in [3.8, 4) is 5.75 Å². The van der Waals surface area contributed by atoms with Crippen LogP contribution in [0.2, 0.25) is 0 Å². The number of ether oxygens (including phenoxy) is 1. The molecule has 1 fully saturated rings. The van der Waals surface area contributed by atoms with Crippen LogP contribution >= 0.6 is 11.8 Å². The van der Waals surface area contributed by atoms with Crippen LogP contribution in [0.1, 0.15) is 42.6 Å². The molecule has 8 nitrogen and oxygen atoms in total. The Morgan fingerprint density at radius 3 is 2.38 bits per heavy atom. The maximum Gasteiger partial charge on any atom is 0.234 e. The topological polar surface area (TPSA) is 98.3 Å². The molecule has 0 spiro atoms. The van der Waals surface area contributed by atoms with E-state index in [4.69, 9.17) is 10.6 Å². The molecule has 0 unspecified atom stereocenters. The summed E-state index contributed by atoms with van der Waals surface area (Å²) in [6.45, 7) is 6.39. The standard InChI is InChI=1S/C25H32N6O2S/c1-18-8-7-9-19(2)24(18)33-16-22-28-29-25(31(22)26)34-17-23(32)27-20-10-12-21(13-11-20)30-14-5-3-4-6-15-30/h7-13H,3-6,14-17,26H2,1-2H3,(H,27,32). The number of carbonyl (C=O) groups is 1. The van der Waals surface area contributed by atoms with Gasteiger partial charge in [-0.3, -0.25) is 4.79 Å². The van der Waals surface area contributed by atoms with Gasteiger partial charge in [-0.25, -0.2) is 4.68 Å². The van der Waals surface area contributed by atoms with Gasteiger partial charge >= 0.3 is 0 Å². The van der Waals surface area contributed by atoms with Gasteiger partial charge in [-0.1, -0.05) is 42.8 Å². The number of benzene rings is 2. The molecule has 4 rings (SSSR count). The number of nitrogens with two attached hydrogens (primary N) is 1. The predicted molar refractivity (Wildman–Crippen MR) is 137 cm³/mol. The number of thioether (sulfide) groups is 1. The largest absolute Gasteiger partial charge is 0.485 e. The zero-order valence-corrected chi connectivity index (χ0v) is 20.6. The molecule has 0 saturated carbocycles. The normalized spacial score (nSPS) is 14.0. The first-order valence-corrected chi connectivity index (χ1v) is 12.7. The lowest BCUT2D eigenvalue weighted by Crippen LogP contribution is -2.23. The van der Waals surface area contributed by atoms with Gasteiger partial charge in [0.05, 0.1) is 5.75 Å². The van der Waals surface area contributed by atoms with Crippen LogP contribution in [0, 0.1) is 13.8 Å². The fourth-order valence-corrected chi connectivity index (χ4v) is 4.75. The van der Waals surface area contributed by atoms with Crippen LogP contribution in [0.15, 0.2) is 47.6 Å². The van der Waals surface area contributed by atoms with Gasteiger partial charge in [-0.15, -0.1) is 10.2 Å². The number of carbonyl (C=O) groups excluding carboxylic acids is 1. The number of aryl methyl sites for hydroxylation is 2. The molecule has 1 amide bonds. The highest BCUT2D eigenvalue weighted by atomic mass is 32.2. The van der Waals surface area contributed by atoms with Gasteiger partial charge in [-0.05, 0) is 62.1 Å². The van der Waals surface area contributed by atoms with E-state index in [2.05, 4.69) is 32.5 Å². The minimum atomic E-state index is -0.121. The molecule has 1 aliphatic rings. The molecule has 1 saturated heterocycles. The second kappa shape index (κ2) is 11.3. The third kappa shape index (κ3) is 6.02. The SMILES string of the molecule is Cc1cccc(C)c1OCc1nnc(SCC(=O)Nc2ccc(N3CCCCCC3)cc2)n1N. The highest BCUT2D eigenvalue weighted by molar-refractivity contribution is 7.99. The molecule has 0 bridgehead atoms. The Labute approximate surface area is 204 Å². The lowest BCUT2D eigenvalue weighted by atomic mass is 10.1. The summed E-state index contributed by atoms with van der Waals surface area (Å²) >= 11 is 1.24. The van der Waals surface area contributed by atoms with Crippen molar-refractivity contribution in [1.29, 1.82) is 0 Å². The number of hydrogen-bond acceptors (Lipinski definition) is 7. The first-order chi connectivity index (χ1) is 16.5. The van der Waals surface area contributed by atoms with Crippen molar-refractivity contribution < 1.29 is 9.53 Å². The Morgan fingerprint density at radius 1 is 1.03 bits per heavy atom. The van der Waals surface area contributed by atoms with Crippen molar-refractivity contribution in [3.05, 3.63) is 59.4 Å². The molecular weight excluding hydrogens is 448 g/mol. The van der Waals surface area contributed by atoms with Crippen molar-refractivity contribution in [2.75, 3.05) is 34.9 Å². The number of nitrogens with one attached hydrogen (secondary N) is 1. The van der Waals surface area contributed by atoms with Crippen LogP contribution in [0.4, 0.5) is 11.4 Å². The smallest absolute Gasteiger partial charge is 0.234 e. The number of rotatable bonds is 8. The molecule has 180 valence electrons. The second-order valence-corrected chi connectivity index (χ2v) is 9.51. The number of anilines is 2. The van der Waals surface area contributed by atoms with Crippen LogP contribution in [0.5, 0.6) is 5.75 Å². The van der Waals surface area contributed by atoms with Gasteiger partial charge in [0.1, 0.15) is 12.4 Å². The van der Waals surface area contributed by atoms with Crippen molar-refractivity contribution in [1.82, 2.24) is 14.9 Å². The van der Waals surface area contributed by atoms with Gasteiger partial charge < -0.3 is 20.8 Å². The van der Waals surface area contributed by atoms with E-state index in [0.29, 0.717) is 11.0 Å². The molecular formula is C25H32N6O2S. The van der Waals surface area contributed by atoms with Crippen LogP contribution in [-0.2, 0) is 11.4 Å². The van der Waals surface area contributed by atoms with Gasteiger partial charge in [0, 0.05) is 24.5 Å². The Bertz CT molecular complexity index is 1090. The van der Waals surface area contributed by atoms with E-state index in [9.17, 15) is 4.79 Å². The number of nitrogen functional groups attached to an aromatic ring is 1. The van der Waals surface area contributed by atoms with Crippen LogP contribution < -0.4 is 20.8 Å².